The zero-order chi connectivity index (χ0) is 19.2. The standard InChI is InChI=1S/C22H23N3O2/c1-4-27-20-7-5-18(6-8-20)25-22(26)17-9-10-23-21(14-17)24-19-12-15(2)11-16(3)13-19/h5-14H,4H2,1-3H3,(H,23,24)(H,25,26). The SMILES string of the molecule is CCOc1ccc(NC(=O)c2ccnc(Nc3cc(C)cc(C)c3)c2)cc1. The van der Waals surface area contributed by atoms with Gasteiger partial charge in [0.05, 0.1) is 6.61 Å². The summed E-state index contributed by atoms with van der Waals surface area (Å²) in [5.41, 5.74) is 4.53. The summed E-state index contributed by atoms with van der Waals surface area (Å²) in [6, 6.07) is 16.9. The van der Waals surface area contributed by atoms with Crippen LogP contribution in [-0.4, -0.2) is 17.5 Å². The lowest BCUT2D eigenvalue weighted by Crippen LogP contribution is -2.12. The molecule has 2 N–H and O–H groups in total. The van der Waals surface area contributed by atoms with Gasteiger partial charge in [-0.15, -0.1) is 0 Å². The molecule has 3 rings (SSSR count). The van der Waals surface area contributed by atoms with Crippen LogP contribution in [0.15, 0.2) is 60.8 Å². The van der Waals surface area contributed by atoms with Crippen molar-refractivity contribution in [3.8, 4) is 5.75 Å². The molecule has 5 heteroatoms. The summed E-state index contributed by atoms with van der Waals surface area (Å²) in [5, 5.41) is 6.15. The molecule has 27 heavy (non-hydrogen) atoms. The molecule has 5 nitrogen and oxygen atoms in total. The molecule has 0 aliphatic rings. The Bertz CT molecular complexity index is 916. The van der Waals surface area contributed by atoms with Crippen LogP contribution in [-0.2, 0) is 0 Å². The zero-order valence-electron chi connectivity index (χ0n) is 15.7. The molecule has 0 saturated carbocycles. The largest absolute Gasteiger partial charge is 0.494 e. The lowest BCUT2D eigenvalue weighted by atomic mass is 10.1. The third-order valence-electron chi connectivity index (χ3n) is 3.94. The zero-order valence-corrected chi connectivity index (χ0v) is 15.7. The number of rotatable bonds is 6. The maximum Gasteiger partial charge on any atom is 0.255 e. The van der Waals surface area contributed by atoms with Gasteiger partial charge in [0.2, 0.25) is 0 Å². The predicted octanol–water partition coefficient (Wildman–Crippen LogP) is 5.09. The molecule has 3 aromatic rings. The molecule has 0 atom stereocenters. The van der Waals surface area contributed by atoms with E-state index in [0.29, 0.717) is 23.7 Å². The predicted molar refractivity (Wildman–Crippen MR) is 109 cm³/mol. The first-order valence-electron chi connectivity index (χ1n) is 8.89. The van der Waals surface area contributed by atoms with Crippen molar-refractivity contribution in [2.45, 2.75) is 20.8 Å². The van der Waals surface area contributed by atoms with Crippen LogP contribution in [0, 0.1) is 13.8 Å². The fourth-order valence-corrected chi connectivity index (χ4v) is 2.84. The van der Waals surface area contributed by atoms with Gasteiger partial charge >= 0.3 is 0 Å². The summed E-state index contributed by atoms with van der Waals surface area (Å²) < 4.78 is 5.41. The molecule has 0 radical (unpaired) electrons. The average Bonchev–Trinajstić information content (AvgIpc) is 2.63. The van der Waals surface area contributed by atoms with Gasteiger partial charge in [0.15, 0.2) is 0 Å². The quantitative estimate of drug-likeness (QED) is 0.642. The Kier molecular flexibility index (Phi) is 5.71. The van der Waals surface area contributed by atoms with Crippen molar-refractivity contribution in [3.05, 3.63) is 77.5 Å². The number of carbonyl (C=O) groups is 1. The lowest BCUT2D eigenvalue weighted by molar-refractivity contribution is 0.102. The first-order chi connectivity index (χ1) is 13.0. The van der Waals surface area contributed by atoms with Crippen LogP contribution in [0.4, 0.5) is 17.2 Å². The van der Waals surface area contributed by atoms with E-state index in [4.69, 9.17) is 4.74 Å². The molecule has 1 heterocycles. The highest BCUT2D eigenvalue weighted by atomic mass is 16.5. The van der Waals surface area contributed by atoms with Crippen molar-refractivity contribution in [1.29, 1.82) is 0 Å². The molecule has 1 amide bonds. The molecular formula is C22H23N3O2. The van der Waals surface area contributed by atoms with E-state index in [1.807, 2.05) is 57.2 Å². The van der Waals surface area contributed by atoms with Crippen LogP contribution in [0.25, 0.3) is 0 Å². The Morgan fingerprint density at radius 2 is 1.67 bits per heavy atom. The number of anilines is 3. The average molecular weight is 361 g/mol. The summed E-state index contributed by atoms with van der Waals surface area (Å²) in [5.74, 6) is 1.21. The summed E-state index contributed by atoms with van der Waals surface area (Å²) >= 11 is 0. The van der Waals surface area contributed by atoms with E-state index >= 15 is 0 Å². The van der Waals surface area contributed by atoms with Gasteiger partial charge in [0.1, 0.15) is 11.6 Å². The van der Waals surface area contributed by atoms with Gasteiger partial charge in [0, 0.05) is 23.1 Å². The topological polar surface area (TPSA) is 63.2 Å². The van der Waals surface area contributed by atoms with Gasteiger partial charge in [-0.25, -0.2) is 4.98 Å². The third-order valence-corrected chi connectivity index (χ3v) is 3.94. The number of hydrogen-bond acceptors (Lipinski definition) is 4. The number of aromatic nitrogens is 1. The van der Waals surface area contributed by atoms with E-state index in [1.54, 1.807) is 18.3 Å². The Balaban J connectivity index is 1.71. The second-order valence-electron chi connectivity index (χ2n) is 6.34. The monoisotopic (exact) mass is 361 g/mol. The molecule has 0 unspecified atom stereocenters. The third kappa shape index (κ3) is 5.07. The van der Waals surface area contributed by atoms with Gasteiger partial charge in [0.25, 0.3) is 5.91 Å². The van der Waals surface area contributed by atoms with E-state index < -0.39 is 0 Å². The number of hydrogen-bond donors (Lipinski definition) is 2. The van der Waals surface area contributed by atoms with E-state index in [2.05, 4.69) is 21.7 Å². The summed E-state index contributed by atoms with van der Waals surface area (Å²) in [6.07, 6.45) is 1.62. The molecule has 0 aliphatic heterocycles. The minimum atomic E-state index is -0.190. The minimum Gasteiger partial charge on any atom is -0.494 e. The molecule has 0 aliphatic carbocycles. The number of nitrogens with zero attached hydrogens (tertiary/aromatic N) is 1. The van der Waals surface area contributed by atoms with Crippen molar-refractivity contribution in [2.75, 3.05) is 17.2 Å². The summed E-state index contributed by atoms with van der Waals surface area (Å²) in [4.78, 5) is 16.8. The van der Waals surface area contributed by atoms with Crippen LogP contribution in [0.1, 0.15) is 28.4 Å². The van der Waals surface area contributed by atoms with Gasteiger partial charge in [-0.3, -0.25) is 4.79 Å². The number of nitrogens with one attached hydrogen (secondary N) is 2. The lowest BCUT2D eigenvalue weighted by Gasteiger charge is -2.10. The Hall–Kier alpha value is -3.34. The molecular weight excluding hydrogens is 338 g/mol. The number of aryl methyl sites for hydroxylation is 2. The minimum absolute atomic E-state index is 0.190. The summed E-state index contributed by atoms with van der Waals surface area (Å²) in [6.45, 7) is 6.64. The van der Waals surface area contributed by atoms with Crippen LogP contribution in [0.2, 0.25) is 0 Å². The normalized spacial score (nSPS) is 10.3. The van der Waals surface area contributed by atoms with E-state index in [-0.39, 0.29) is 5.91 Å². The van der Waals surface area contributed by atoms with Gasteiger partial charge in [-0.1, -0.05) is 6.07 Å². The van der Waals surface area contributed by atoms with Crippen LogP contribution in [0.5, 0.6) is 5.75 Å². The van der Waals surface area contributed by atoms with E-state index in [1.165, 1.54) is 11.1 Å². The second kappa shape index (κ2) is 8.36. The highest BCUT2D eigenvalue weighted by molar-refractivity contribution is 6.04. The van der Waals surface area contributed by atoms with Crippen LogP contribution in [0.3, 0.4) is 0 Å². The molecule has 0 bridgehead atoms. The fraction of sp³-hybridized carbons (Fsp3) is 0.182. The van der Waals surface area contributed by atoms with Gasteiger partial charge < -0.3 is 15.4 Å². The molecule has 1 aromatic heterocycles. The Morgan fingerprint density at radius 3 is 2.33 bits per heavy atom. The number of carbonyl (C=O) groups excluding carboxylic acids is 1. The maximum atomic E-state index is 12.5. The van der Waals surface area contributed by atoms with Crippen molar-refractivity contribution >= 4 is 23.1 Å². The number of benzene rings is 2. The smallest absolute Gasteiger partial charge is 0.255 e. The highest BCUT2D eigenvalue weighted by Gasteiger charge is 2.08. The highest BCUT2D eigenvalue weighted by Crippen LogP contribution is 2.20. The Morgan fingerprint density at radius 1 is 0.963 bits per heavy atom. The van der Waals surface area contributed by atoms with E-state index in [0.717, 1.165) is 11.4 Å². The van der Waals surface area contributed by atoms with Crippen molar-refractivity contribution in [2.24, 2.45) is 0 Å². The number of pyridine rings is 1. The first kappa shape index (κ1) is 18.5. The molecule has 138 valence electrons. The molecule has 0 saturated heterocycles. The van der Waals surface area contributed by atoms with Crippen LogP contribution < -0.4 is 15.4 Å². The van der Waals surface area contributed by atoms with Crippen molar-refractivity contribution in [3.63, 3.8) is 0 Å². The maximum absolute atomic E-state index is 12.5. The van der Waals surface area contributed by atoms with Crippen LogP contribution >= 0.6 is 0 Å². The number of amides is 1. The molecule has 0 fully saturated rings. The molecule has 2 aromatic carbocycles. The molecule has 0 spiro atoms. The Labute approximate surface area is 159 Å². The van der Waals surface area contributed by atoms with Crippen molar-refractivity contribution in [1.82, 2.24) is 4.98 Å². The summed E-state index contributed by atoms with van der Waals surface area (Å²) in [7, 11) is 0. The number of ether oxygens (including phenoxy) is 1. The first-order valence-corrected chi connectivity index (χ1v) is 8.89. The second-order valence-corrected chi connectivity index (χ2v) is 6.34. The van der Waals surface area contributed by atoms with Gasteiger partial charge in [-0.2, -0.15) is 0 Å². The van der Waals surface area contributed by atoms with Gasteiger partial charge in [-0.05, 0) is 80.4 Å². The van der Waals surface area contributed by atoms with E-state index in [9.17, 15) is 4.79 Å². The fourth-order valence-electron chi connectivity index (χ4n) is 2.84. The van der Waals surface area contributed by atoms with Crippen molar-refractivity contribution < 1.29 is 9.53 Å².